The highest BCUT2D eigenvalue weighted by molar-refractivity contribution is 5.89. The highest BCUT2D eigenvalue weighted by Gasteiger charge is 2.33. The van der Waals surface area contributed by atoms with Gasteiger partial charge in [0.25, 0.3) is 0 Å². The Labute approximate surface area is 119 Å². The number of carbonyl (C=O) groups is 1. The van der Waals surface area contributed by atoms with E-state index in [1.165, 1.54) is 0 Å². The van der Waals surface area contributed by atoms with Gasteiger partial charge in [0.15, 0.2) is 0 Å². The minimum absolute atomic E-state index is 0.111. The van der Waals surface area contributed by atoms with E-state index in [1.54, 1.807) is 19.1 Å². The topological polar surface area (TPSA) is 69.6 Å². The lowest BCUT2D eigenvalue weighted by molar-refractivity contribution is 0.0696. The van der Waals surface area contributed by atoms with E-state index in [-0.39, 0.29) is 12.1 Å². The molecular formula is C16H23NO3. The van der Waals surface area contributed by atoms with Gasteiger partial charge in [-0.15, -0.1) is 0 Å². The molecule has 2 rings (SSSR count). The predicted octanol–water partition coefficient (Wildman–Crippen LogP) is 3.05. The van der Waals surface area contributed by atoms with E-state index < -0.39 is 5.97 Å². The van der Waals surface area contributed by atoms with Crippen molar-refractivity contribution in [1.29, 1.82) is 0 Å². The van der Waals surface area contributed by atoms with Gasteiger partial charge in [-0.1, -0.05) is 6.92 Å². The lowest BCUT2D eigenvalue weighted by atomic mass is 9.77. The number of aromatic carboxylic acids is 1. The quantitative estimate of drug-likeness (QED) is 0.791. The van der Waals surface area contributed by atoms with Gasteiger partial charge in [-0.3, -0.25) is 0 Å². The molecule has 0 radical (unpaired) electrons. The Morgan fingerprint density at radius 3 is 2.55 bits per heavy atom. The molecule has 0 atom stereocenters. The third-order valence-electron chi connectivity index (χ3n) is 4.40. The summed E-state index contributed by atoms with van der Waals surface area (Å²) in [6.45, 7) is 4.15. The summed E-state index contributed by atoms with van der Waals surface area (Å²) in [5.74, 6) is -0.190. The zero-order chi connectivity index (χ0) is 14.8. The fourth-order valence-corrected chi connectivity index (χ4v) is 2.92. The Bertz CT molecular complexity index is 490. The molecule has 4 nitrogen and oxygen atoms in total. The van der Waals surface area contributed by atoms with Crippen molar-refractivity contribution in [3.63, 3.8) is 0 Å². The van der Waals surface area contributed by atoms with Gasteiger partial charge in [-0.2, -0.15) is 0 Å². The molecule has 110 valence electrons. The third kappa shape index (κ3) is 3.12. The molecule has 0 heterocycles. The number of anilines is 1. The van der Waals surface area contributed by atoms with Crippen LogP contribution in [0.4, 0.5) is 5.69 Å². The van der Waals surface area contributed by atoms with Crippen LogP contribution in [0.25, 0.3) is 0 Å². The molecule has 3 N–H and O–H groups in total. The van der Waals surface area contributed by atoms with Crippen molar-refractivity contribution < 1.29 is 15.0 Å². The predicted molar refractivity (Wildman–Crippen MR) is 79.2 cm³/mol. The summed E-state index contributed by atoms with van der Waals surface area (Å²) in [5.41, 5.74) is 1.69. The van der Waals surface area contributed by atoms with Crippen LogP contribution in [-0.2, 0) is 0 Å². The molecule has 1 aromatic carbocycles. The van der Waals surface area contributed by atoms with Crippen molar-refractivity contribution in [1.82, 2.24) is 0 Å². The fourth-order valence-electron chi connectivity index (χ4n) is 2.92. The number of nitrogens with one attached hydrogen (secondary N) is 1. The van der Waals surface area contributed by atoms with Crippen molar-refractivity contribution in [3.8, 4) is 0 Å². The van der Waals surface area contributed by atoms with Crippen molar-refractivity contribution in [3.05, 3.63) is 29.3 Å². The summed E-state index contributed by atoms with van der Waals surface area (Å²) < 4.78 is 0. The van der Waals surface area contributed by atoms with Gasteiger partial charge >= 0.3 is 5.97 Å². The summed E-state index contributed by atoms with van der Waals surface area (Å²) >= 11 is 0. The number of aryl methyl sites for hydroxylation is 1. The summed E-state index contributed by atoms with van der Waals surface area (Å²) in [5, 5.41) is 22.2. The lowest BCUT2D eigenvalue weighted by Crippen LogP contribution is -2.45. The van der Waals surface area contributed by atoms with Crippen LogP contribution < -0.4 is 5.32 Å². The molecular weight excluding hydrogens is 254 g/mol. The highest BCUT2D eigenvalue weighted by Crippen LogP contribution is 2.34. The maximum Gasteiger partial charge on any atom is 0.335 e. The zero-order valence-corrected chi connectivity index (χ0v) is 12.1. The second kappa shape index (κ2) is 5.83. The van der Waals surface area contributed by atoms with Gasteiger partial charge in [-0.05, 0) is 62.3 Å². The molecule has 20 heavy (non-hydrogen) atoms. The van der Waals surface area contributed by atoms with E-state index in [2.05, 4.69) is 12.2 Å². The molecule has 0 bridgehead atoms. The van der Waals surface area contributed by atoms with Crippen LogP contribution in [0.2, 0.25) is 0 Å². The van der Waals surface area contributed by atoms with E-state index in [4.69, 9.17) is 5.11 Å². The smallest absolute Gasteiger partial charge is 0.335 e. The van der Waals surface area contributed by atoms with Crippen LogP contribution >= 0.6 is 0 Å². The minimum atomic E-state index is -0.905. The van der Waals surface area contributed by atoms with Crippen LogP contribution in [-0.4, -0.2) is 28.3 Å². The molecule has 1 fully saturated rings. The average molecular weight is 277 g/mol. The van der Waals surface area contributed by atoms with E-state index in [1.807, 2.05) is 6.07 Å². The molecule has 4 heteroatoms. The second-order valence-electron chi connectivity index (χ2n) is 6.08. The van der Waals surface area contributed by atoms with Crippen molar-refractivity contribution in [2.45, 2.75) is 45.1 Å². The SMILES string of the molecule is Cc1cc(NC2(CO)CCC(C)CC2)ccc1C(=O)O. The molecule has 0 spiro atoms. The fraction of sp³-hybridized carbons (Fsp3) is 0.562. The van der Waals surface area contributed by atoms with Gasteiger partial charge in [0.05, 0.1) is 17.7 Å². The van der Waals surface area contributed by atoms with E-state index in [0.29, 0.717) is 11.5 Å². The molecule has 0 unspecified atom stereocenters. The van der Waals surface area contributed by atoms with Gasteiger partial charge in [-0.25, -0.2) is 4.79 Å². The number of hydrogen-bond acceptors (Lipinski definition) is 3. The molecule has 1 aromatic rings. The molecule has 1 aliphatic carbocycles. The summed E-state index contributed by atoms with van der Waals surface area (Å²) in [7, 11) is 0. The highest BCUT2D eigenvalue weighted by atomic mass is 16.4. The standard InChI is InChI=1S/C16H23NO3/c1-11-5-7-16(10-18,8-6-11)17-13-3-4-14(15(19)20)12(2)9-13/h3-4,9,11,17-18H,5-8,10H2,1-2H3,(H,19,20). The van der Waals surface area contributed by atoms with Crippen LogP contribution in [0.15, 0.2) is 18.2 Å². The Hall–Kier alpha value is -1.55. The minimum Gasteiger partial charge on any atom is -0.478 e. The van der Waals surface area contributed by atoms with E-state index >= 15 is 0 Å². The molecule has 1 saturated carbocycles. The monoisotopic (exact) mass is 277 g/mol. The molecule has 0 saturated heterocycles. The molecule has 0 aromatic heterocycles. The summed E-state index contributed by atoms with van der Waals surface area (Å²) in [6, 6.07) is 5.25. The lowest BCUT2D eigenvalue weighted by Gasteiger charge is -2.39. The first-order chi connectivity index (χ1) is 9.46. The Morgan fingerprint density at radius 1 is 1.40 bits per heavy atom. The van der Waals surface area contributed by atoms with Gasteiger partial charge < -0.3 is 15.5 Å². The number of aliphatic hydroxyl groups excluding tert-OH is 1. The van der Waals surface area contributed by atoms with Crippen LogP contribution in [0, 0.1) is 12.8 Å². The molecule has 0 amide bonds. The Kier molecular flexibility index (Phi) is 4.33. The summed E-state index contributed by atoms with van der Waals surface area (Å²) in [6.07, 6.45) is 4.12. The number of hydrogen-bond donors (Lipinski definition) is 3. The number of aliphatic hydroxyl groups is 1. The number of carboxylic acids is 1. The Morgan fingerprint density at radius 2 is 2.05 bits per heavy atom. The van der Waals surface area contributed by atoms with Crippen molar-refractivity contribution in [2.24, 2.45) is 5.92 Å². The molecule has 1 aliphatic rings. The third-order valence-corrected chi connectivity index (χ3v) is 4.40. The largest absolute Gasteiger partial charge is 0.478 e. The average Bonchev–Trinajstić information content (AvgIpc) is 2.41. The number of benzene rings is 1. The molecule has 0 aliphatic heterocycles. The second-order valence-corrected chi connectivity index (χ2v) is 6.08. The van der Waals surface area contributed by atoms with Gasteiger partial charge in [0.2, 0.25) is 0 Å². The van der Waals surface area contributed by atoms with Crippen molar-refractivity contribution in [2.75, 3.05) is 11.9 Å². The van der Waals surface area contributed by atoms with Crippen LogP contribution in [0.1, 0.15) is 48.5 Å². The summed E-state index contributed by atoms with van der Waals surface area (Å²) in [4.78, 5) is 11.0. The van der Waals surface area contributed by atoms with E-state index in [0.717, 1.165) is 36.9 Å². The van der Waals surface area contributed by atoms with Gasteiger partial charge in [0.1, 0.15) is 0 Å². The first-order valence-corrected chi connectivity index (χ1v) is 7.19. The first-order valence-electron chi connectivity index (χ1n) is 7.19. The zero-order valence-electron chi connectivity index (χ0n) is 12.1. The first kappa shape index (κ1) is 14.9. The van der Waals surface area contributed by atoms with Crippen LogP contribution in [0.3, 0.4) is 0 Å². The van der Waals surface area contributed by atoms with Crippen molar-refractivity contribution >= 4 is 11.7 Å². The van der Waals surface area contributed by atoms with Crippen LogP contribution in [0.5, 0.6) is 0 Å². The maximum atomic E-state index is 11.0. The number of rotatable bonds is 4. The maximum absolute atomic E-state index is 11.0. The van der Waals surface area contributed by atoms with Gasteiger partial charge in [0, 0.05) is 5.69 Å². The Balaban J connectivity index is 2.16. The van der Waals surface area contributed by atoms with E-state index in [9.17, 15) is 9.90 Å². The number of carboxylic acid groups (broad SMARTS) is 1. The normalized spacial score (nSPS) is 26.2.